The molecular formula is C23H29NO2. The highest BCUT2D eigenvalue weighted by molar-refractivity contribution is 5.29. The van der Waals surface area contributed by atoms with E-state index in [1.54, 1.807) is 0 Å². The maximum Gasteiger partial charge on any atom is 0.119 e. The molecule has 0 radical (unpaired) electrons. The number of benzene rings is 2. The van der Waals surface area contributed by atoms with Gasteiger partial charge in [0, 0.05) is 26.7 Å². The van der Waals surface area contributed by atoms with Crippen molar-refractivity contribution in [1.29, 1.82) is 0 Å². The Morgan fingerprint density at radius 1 is 0.962 bits per heavy atom. The SMILES string of the molecule is COC(CN1CC2CCCC2C1)c1ccc(OCc2ccccc2)cc1. The summed E-state index contributed by atoms with van der Waals surface area (Å²) in [6, 6.07) is 18.7. The van der Waals surface area contributed by atoms with Crippen molar-refractivity contribution < 1.29 is 9.47 Å². The Bertz CT molecular complexity index is 673. The zero-order chi connectivity index (χ0) is 17.8. The lowest BCUT2D eigenvalue weighted by atomic mass is 10.0. The average molecular weight is 351 g/mol. The molecule has 3 atom stereocenters. The zero-order valence-corrected chi connectivity index (χ0v) is 15.6. The highest BCUT2D eigenvalue weighted by atomic mass is 16.5. The van der Waals surface area contributed by atoms with Crippen LogP contribution >= 0.6 is 0 Å². The van der Waals surface area contributed by atoms with Gasteiger partial charge in [-0.1, -0.05) is 48.9 Å². The number of methoxy groups -OCH3 is 1. The summed E-state index contributed by atoms with van der Waals surface area (Å²) in [5.74, 6) is 2.77. The van der Waals surface area contributed by atoms with Crippen molar-refractivity contribution in [3.8, 4) is 5.75 Å². The number of hydrogen-bond acceptors (Lipinski definition) is 3. The summed E-state index contributed by atoms with van der Waals surface area (Å²) in [6.07, 6.45) is 4.41. The molecule has 0 bridgehead atoms. The van der Waals surface area contributed by atoms with Crippen LogP contribution in [0.25, 0.3) is 0 Å². The smallest absolute Gasteiger partial charge is 0.119 e. The topological polar surface area (TPSA) is 21.7 Å². The monoisotopic (exact) mass is 351 g/mol. The normalized spacial score (nSPS) is 23.7. The second-order valence-corrected chi connectivity index (χ2v) is 7.74. The van der Waals surface area contributed by atoms with E-state index < -0.39 is 0 Å². The minimum atomic E-state index is 0.136. The molecule has 1 aliphatic carbocycles. The van der Waals surface area contributed by atoms with Crippen LogP contribution in [0.4, 0.5) is 0 Å². The van der Waals surface area contributed by atoms with Gasteiger partial charge < -0.3 is 9.47 Å². The lowest BCUT2D eigenvalue weighted by Crippen LogP contribution is -2.28. The quantitative estimate of drug-likeness (QED) is 0.723. The summed E-state index contributed by atoms with van der Waals surface area (Å²) >= 11 is 0. The average Bonchev–Trinajstić information content (AvgIpc) is 3.27. The van der Waals surface area contributed by atoms with Crippen molar-refractivity contribution in [2.75, 3.05) is 26.7 Å². The maximum atomic E-state index is 5.89. The summed E-state index contributed by atoms with van der Waals surface area (Å²) in [7, 11) is 1.82. The third kappa shape index (κ3) is 4.11. The zero-order valence-electron chi connectivity index (χ0n) is 15.6. The van der Waals surface area contributed by atoms with Crippen LogP contribution < -0.4 is 4.74 Å². The second-order valence-electron chi connectivity index (χ2n) is 7.74. The van der Waals surface area contributed by atoms with Gasteiger partial charge in [-0.15, -0.1) is 0 Å². The Balaban J connectivity index is 1.32. The van der Waals surface area contributed by atoms with Gasteiger partial charge in [0.2, 0.25) is 0 Å². The van der Waals surface area contributed by atoms with Gasteiger partial charge in [-0.3, -0.25) is 4.90 Å². The van der Waals surface area contributed by atoms with Crippen LogP contribution in [0.1, 0.15) is 36.5 Å². The Hall–Kier alpha value is -1.84. The molecule has 1 aliphatic heterocycles. The van der Waals surface area contributed by atoms with E-state index in [1.165, 1.54) is 43.5 Å². The summed E-state index contributed by atoms with van der Waals surface area (Å²) in [6.45, 7) is 4.10. The Kier molecular flexibility index (Phi) is 5.57. The van der Waals surface area contributed by atoms with Crippen molar-refractivity contribution in [2.24, 2.45) is 11.8 Å². The molecule has 1 heterocycles. The van der Waals surface area contributed by atoms with Gasteiger partial charge in [0.1, 0.15) is 12.4 Å². The molecule has 2 aliphatic rings. The molecule has 1 saturated heterocycles. The fourth-order valence-electron chi connectivity index (χ4n) is 4.55. The molecule has 26 heavy (non-hydrogen) atoms. The highest BCUT2D eigenvalue weighted by Gasteiger charge is 2.36. The Morgan fingerprint density at radius 3 is 2.31 bits per heavy atom. The molecule has 4 rings (SSSR count). The highest BCUT2D eigenvalue weighted by Crippen LogP contribution is 2.38. The van der Waals surface area contributed by atoms with E-state index >= 15 is 0 Å². The van der Waals surface area contributed by atoms with E-state index in [9.17, 15) is 0 Å². The van der Waals surface area contributed by atoms with Crippen molar-refractivity contribution in [3.63, 3.8) is 0 Å². The molecule has 0 N–H and O–H groups in total. The largest absolute Gasteiger partial charge is 0.489 e. The molecule has 2 aromatic rings. The molecular weight excluding hydrogens is 322 g/mol. The maximum absolute atomic E-state index is 5.89. The van der Waals surface area contributed by atoms with Gasteiger partial charge in [0.15, 0.2) is 0 Å². The molecule has 138 valence electrons. The molecule has 2 fully saturated rings. The third-order valence-electron chi connectivity index (χ3n) is 6.01. The standard InChI is InChI=1S/C23H29NO2/c1-25-23(16-24-14-20-8-5-9-21(20)15-24)19-10-12-22(13-11-19)26-17-18-6-3-2-4-7-18/h2-4,6-7,10-13,20-21,23H,5,8-9,14-17H2,1H3. The van der Waals surface area contributed by atoms with Gasteiger partial charge in [-0.05, 0) is 47.9 Å². The number of nitrogens with zero attached hydrogens (tertiary/aromatic N) is 1. The fraction of sp³-hybridized carbons (Fsp3) is 0.478. The fourth-order valence-corrected chi connectivity index (χ4v) is 4.55. The lowest BCUT2D eigenvalue weighted by molar-refractivity contribution is 0.0685. The summed E-state index contributed by atoms with van der Waals surface area (Å²) in [4.78, 5) is 2.60. The number of hydrogen-bond donors (Lipinski definition) is 0. The van der Waals surface area contributed by atoms with Crippen molar-refractivity contribution >= 4 is 0 Å². The Labute approximate surface area is 156 Å². The van der Waals surface area contributed by atoms with Crippen molar-refractivity contribution in [3.05, 3.63) is 65.7 Å². The van der Waals surface area contributed by atoms with Crippen LogP contribution in [0.3, 0.4) is 0 Å². The number of likely N-dealkylation sites (tertiary alicyclic amines) is 1. The van der Waals surface area contributed by atoms with Crippen LogP contribution in [0.5, 0.6) is 5.75 Å². The summed E-state index contributed by atoms with van der Waals surface area (Å²) in [5.41, 5.74) is 2.42. The lowest BCUT2D eigenvalue weighted by Gasteiger charge is -2.24. The first kappa shape index (κ1) is 17.6. The van der Waals surface area contributed by atoms with Gasteiger partial charge in [-0.25, -0.2) is 0 Å². The summed E-state index contributed by atoms with van der Waals surface area (Å²) in [5, 5.41) is 0. The van der Waals surface area contributed by atoms with E-state index in [2.05, 4.69) is 41.3 Å². The number of ether oxygens (including phenoxy) is 2. The van der Waals surface area contributed by atoms with E-state index in [0.717, 1.165) is 24.1 Å². The van der Waals surface area contributed by atoms with Crippen LogP contribution in [-0.4, -0.2) is 31.6 Å². The van der Waals surface area contributed by atoms with Gasteiger partial charge in [0.05, 0.1) is 6.10 Å². The molecule has 3 heteroatoms. The van der Waals surface area contributed by atoms with E-state index in [-0.39, 0.29) is 6.10 Å². The Morgan fingerprint density at radius 2 is 1.65 bits per heavy atom. The molecule has 0 aromatic heterocycles. The first-order chi connectivity index (χ1) is 12.8. The van der Waals surface area contributed by atoms with Gasteiger partial charge in [-0.2, -0.15) is 0 Å². The van der Waals surface area contributed by atoms with Gasteiger partial charge >= 0.3 is 0 Å². The number of fused-ring (bicyclic) bond motifs is 1. The predicted octanol–water partition coefficient (Wildman–Crippen LogP) is 4.69. The van der Waals surface area contributed by atoms with Gasteiger partial charge in [0.25, 0.3) is 0 Å². The van der Waals surface area contributed by atoms with E-state index in [4.69, 9.17) is 9.47 Å². The number of rotatable bonds is 7. The molecule has 1 saturated carbocycles. The van der Waals surface area contributed by atoms with E-state index in [1.807, 2.05) is 25.3 Å². The molecule has 3 unspecified atom stereocenters. The van der Waals surface area contributed by atoms with Crippen LogP contribution in [0.15, 0.2) is 54.6 Å². The third-order valence-corrected chi connectivity index (χ3v) is 6.01. The van der Waals surface area contributed by atoms with Crippen LogP contribution in [-0.2, 0) is 11.3 Å². The minimum Gasteiger partial charge on any atom is -0.489 e. The summed E-state index contributed by atoms with van der Waals surface area (Å²) < 4.78 is 11.7. The predicted molar refractivity (Wildman–Crippen MR) is 104 cm³/mol. The van der Waals surface area contributed by atoms with Crippen molar-refractivity contribution in [1.82, 2.24) is 4.90 Å². The molecule has 3 nitrogen and oxygen atoms in total. The molecule has 0 spiro atoms. The minimum absolute atomic E-state index is 0.136. The van der Waals surface area contributed by atoms with Crippen LogP contribution in [0, 0.1) is 11.8 Å². The first-order valence-electron chi connectivity index (χ1n) is 9.83. The molecule has 0 amide bonds. The first-order valence-corrected chi connectivity index (χ1v) is 9.83. The van der Waals surface area contributed by atoms with Crippen LogP contribution in [0.2, 0.25) is 0 Å². The van der Waals surface area contributed by atoms with E-state index in [0.29, 0.717) is 6.61 Å². The second kappa shape index (κ2) is 8.24. The molecule has 2 aromatic carbocycles. The van der Waals surface area contributed by atoms with Crippen molar-refractivity contribution in [2.45, 2.75) is 32.0 Å².